The minimum absolute atomic E-state index is 0. The number of carbonyl (C=O) groups excluding carboxylic acids is 3. The number of nitrogens with zero attached hydrogens (tertiary/aromatic N) is 2. The van der Waals surface area contributed by atoms with Crippen molar-refractivity contribution in [3.05, 3.63) is 50.6 Å². The summed E-state index contributed by atoms with van der Waals surface area (Å²) in [5.41, 5.74) is 7.46. The van der Waals surface area contributed by atoms with Crippen LogP contribution in [-0.4, -0.2) is 63.7 Å². The number of nitrogens with two attached hydrogens (primary N) is 1. The van der Waals surface area contributed by atoms with Crippen LogP contribution < -0.4 is 16.4 Å². The number of amides is 2. The Morgan fingerprint density at radius 2 is 2.03 bits per heavy atom. The first-order chi connectivity index (χ1) is 18.0. The molecule has 12 heteroatoms. The van der Waals surface area contributed by atoms with Crippen molar-refractivity contribution in [1.82, 2.24) is 25.5 Å². The van der Waals surface area contributed by atoms with Crippen LogP contribution in [0.5, 0.6) is 0 Å². The van der Waals surface area contributed by atoms with E-state index in [1.807, 2.05) is 20.9 Å². The van der Waals surface area contributed by atoms with Gasteiger partial charge < -0.3 is 26.3 Å². The predicted octanol–water partition coefficient (Wildman–Crippen LogP) is 3.69. The minimum Gasteiger partial charge on any atom is -0.354 e. The van der Waals surface area contributed by atoms with Crippen molar-refractivity contribution >= 4 is 63.8 Å². The highest BCUT2D eigenvalue weighted by molar-refractivity contribution is 7.13. The van der Waals surface area contributed by atoms with Gasteiger partial charge in [-0.3, -0.25) is 14.4 Å². The molecule has 1 saturated carbocycles. The minimum atomic E-state index is -1.49. The highest BCUT2D eigenvalue weighted by Gasteiger charge is 2.50. The number of halogens is 2. The SMILES string of the molecule is CC(C)NC(=O)C1CCC(NC(=O)c2nc3c(s2)CN(C)CC3)C(N)(C(=O)c2cc3cc(Cl)ccc3[nH]2)C1.Cl. The van der Waals surface area contributed by atoms with E-state index in [0.29, 0.717) is 28.6 Å². The Balaban J connectivity index is 0.00000353. The number of likely N-dealkylation sites (N-methyl/N-ethyl adjacent to an activating group) is 1. The van der Waals surface area contributed by atoms with E-state index in [4.69, 9.17) is 17.3 Å². The molecule has 1 fully saturated rings. The summed E-state index contributed by atoms with van der Waals surface area (Å²) < 4.78 is 0. The molecule has 3 aromatic rings. The average Bonchev–Trinajstić information content (AvgIpc) is 3.47. The van der Waals surface area contributed by atoms with Gasteiger partial charge in [-0.15, -0.1) is 23.7 Å². The molecule has 2 amide bonds. The third-order valence-corrected chi connectivity index (χ3v) is 8.80. The lowest BCUT2D eigenvalue weighted by Crippen LogP contribution is -2.66. The van der Waals surface area contributed by atoms with Gasteiger partial charge in [0.1, 0.15) is 5.54 Å². The molecular formula is C27H34Cl2N6O3S. The molecular weight excluding hydrogens is 559 g/mol. The Bertz CT molecular complexity index is 1410. The molecule has 2 aliphatic rings. The Labute approximate surface area is 242 Å². The van der Waals surface area contributed by atoms with Crippen LogP contribution in [0.1, 0.15) is 64.0 Å². The molecule has 3 heterocycles. The molecule has 1 aliphatic carbocycles. The summed E-state index contributed by atoms with van der Waals surface area (Å²) in [6.07, 6.45) is 1.82. The first-order valence-corrected chi connectivity index (χ1v) is 14.1. The number of aromatic nitrogens is 2. The van der Waals surface area contributed by atoms with Crippen LogP contribution in [0.4, 0.5) is 0 Å². The van der Waals surface area contributed by atoms with E-state index in [1.165, 1.54) is 11.3 Å². The fourth-order valence-corrected chi connectivity index (χ4v) is 6.74. The number of Topliss-reactive ketones (excluding diaryl/α,β-unsaturated/α-hetero) is 1. The Morgan fingerprint density at radius 3 is 2.77 bits per heavy atom. The molecule has 2 aromatic heterocycles. The zero-order valence-corrected chi connectivity index (χ0v) is 24.6. The van der Waals surface area contributed by atoms with E-state index in [1.54, 1.807) is 24.3 Å². The van der Waals surface area contributed by atoms with Crippen molar-refractivity contribution in [2.24, 2.45) is 11.7 Å². The van der Waals surface area contributed by atoms with Gasteiger partial charge >= 0.3 is 0 Å². The fraction of sp³-hybridized carbons (Fsp3) is 0.481. The van der Waals surface area contributed by atoms with Gasteiger partial charge in [0.25, 0.3) is 5.91 Å². The number of hydrogen-bond donors (Lipinski definition) is 4. The highest BCUT2D eigenvalue weighted by atomic mass is 35.5. The van der Waals surface area contributed by atoms with Crippen molar-refractivity contribution in [3.8, 4) is 0 Å². The third-order valence-electron chi connectivity index (χ3n) is 7.48. The van der Waals surface area contributed by atoms with E-state index < -0.39 is 17.5 Å². The largest absolute Gasteiger partial charge is 0.354 e. The summed E-state index contributed by atoms with van der Waals surface area (Å²) in [4.78, 5) is 51.3. The van der Waals surface area contributed by atoms with E-state index >= 15 is 0 Å². The lowest BCUT2D eigenvalue weighted by Gasteiger charge is -2.42. The second-order valence-corrected chi connectivity index (χ2v) is 12.3. The number of rotatable bonds is 6. The Kier molecular flexibility index (Phi) is 8.73. The maximum absolute atomic E-state index is 14.0. The number of aromatic amines is 1. The fourth-order valence-electron chi connectivity index (χ4n) is 5.47. The molecule has 0 radical (unpaired) electrons. The second kappa shape index (κ2) is 11.5. The first kappa shape index (κ1) is 29.5. The van der Waals surface area contributed by atoms with Crippen molar-refractivity contribution in [2.45, 2.75) is 63.7 Å². The van der Waals surface area contributed by atoms with Gasteiger partial charge in [0.05, 0.1) is 17.4 Å². The topological polar surface area (TPSA) is 133 Å². The maximum Gasteiger partial charge on any atom is 0.280 e. The van der Waals surface area contributed by atoms with Crippen LogP contribution in [0.25, 0.3) is 10.9 Å². The molecule has 1 aliphatic heterocycles. The van der Waals surface area contributed by atoms with E-state index in [2.05, 4.69) is 25.5 Å². The van der Waals surface area contributed by atoms with E-state index in [0.717, 1.165) is 41.0 Å². The molecule has 5 rings (SSSR count). The Morgan fingerprint density at radius 1 is 1.26 bits per heavy atom. The summed E-state index contributed by atoms with van der Waals surface area (Å²) in [6.45, 7) is 5.45. The van der Waals surface area contributed by atoms with Gasteiger partial charge in [0, 0.05) is 52.3 Å². The first-order valence-electron chi connectivity index (χ1n) is 12.9. The molecule has 5 N–H and O–H groups in total. The number of nitrogens with one attached hydrogen (secondary N) is 3. The van der Waals surface area contributed by atoms with Crippen LogP contribution in [-0.2, 0) is 17.8 Å². The molecule has 3 unspecified atom stereocenters. The second-order valence-electron chi connectivity index (χ2n) is 10.8. The number of thiazole rings is 1. The molecule has 9 nitrogen and oxygen atoms in total. The normalized spacial score (nSPS) is 23.2. The van der Waals surface area contributed by atoms with Crippen LogP contribution in [0.15, 0.2) is 24.3 Å². The van der Waals surface area contributed by atoms with Gasteiger partial charge in [-0.05, 0) is 64.4 Å². The number of fused-ring (bicyclic) bond motifs is 2. The molecule has 0 spiro atoms. The molecule has 39 heavy (non-hydrogen) atoms. The Hall–Kier alpha value is -2.50. The van der Waals surface area contributed by atoms with Crippen molar-refractivity contribution in [2.75, 3.05) is 13.6 Å². The van der Waals surface area contributed by atoms with Gasteiger partial charge in [-0.1, -0.05) is 11.6 Å². The number of benzene rings is 1. The molecule has 0 saturated heterocycles. The smallest absolute Gasteiger partial charge is 0.280 e. The van der Waals surface area contributed by atoms with Crippen molar-refractivity contribution < 1.29 is 14.4 Å². The third kappa shape index (κ3) is 6.00. The van der Waals surface area contributed by atoms with Crippen LogP contribution in [0, 0.1) is 5.92 Å². The lowest BCUT2D eigenvalue weighted by atomic mass is 9.69. The number of carbonyl (C=O) groups is 3. The molecule has 3 atom stereocenters. The highest BCUT2D eigenvalue weighted by Crippen LogP contribution is 2.35. The monoisotopic (exact) mass is 592 g/mol. The zero-order chi connectivity index (χ0) is 27.2. The standard InChI is InChI=1S/C27H33ClN6O3S.ClH/c1-14(2)30-24(36)15-4-7-22(33-25(37)26-32-19-8-9-34(3)13-21(19)38-26)27(29,12-15)23(35)20-11-16-10-17(28)5-6-18(16)31-20;/h5-6,10-11,14-15,22,31H,4,7-9,12-13,29H2,1-3H3,(H,30,36)(H,33,37);1H. The van der Waals surface area contributed by atoms with E-state index in [9.17, 15) is 14.4 Å². The van der Waals surface area contributed by atoms with Crippen molar-refractivity contribution in [1.29, 1.82) is 0 Å². The van der Waals surface area contributed by atoms with Gasteiger partial charge in [-0.2, -0.15) is 0 Å². The van der Waals surface area contributed by atoms with Gasteiger partial charge in [0.15, 0.2) is 5.01 Å². The number of hydrogen-bond acceptors (Lipinski definition) is 7. The molecule has 210 valence electrons. The van der Waals surface area contributed by atoms with Crippen LogP contribution >= 0.6 is 35.3 Å². The average molecular weight is 594 g/mol. The molecule has 1 aromatic carbocycles. The van der Waals surface area contributed by atoms with Gasteiger partial charge in [-0.25, -0.2) is 4.98 Å². The summed E-state index contributed by atoms with van der Waals surface area (Å²) in [7, 11) is 2.04. The molecule has 0 bridgehead atoms. The number of ketones is 1. The maximum atomic E-state index is 14.0. The number of H-pyrrole nitrogens is 1. The summed E-state index contributed by atoms with van der Waals surface area (Å²) >= 11 is 7.52. The summed E-state index contributed by atoms with van der Waals surface area (Å²) in [5.74, 6) is -1.26. The quantitative estimate of drug-likeness (QED) is 0.323. The summed E-state index contributed by atoms with van der Waals surface area (Å²) in [6, 6.07) is 6.35. The van der Waals surface area contributed by atoms with Crippen molar-refractivity contribution in [3.63, 3.8) is 0 Å². The predicted molar refractivity (Wildman–Crippen MR) is 156 cm³/mol. The van der Waals surface area contributed by atoms with E-state index in [-0.39, 0.29) is 42.5 Å². The summed E-state index contributed by atoms with van der Waals surface area (Å²) in [5, 5.41) is 7.68. The van der Waals surface area contributed by atoms with Gasteiger partial charge in [0.2, 0.25) is 11.7 Å². The van der Waals surface area contributed by atoms with Crippen LogP contribution in [0.2, 0.25) is 5.02 Å². The zero-order valence-electron chi connectivity index (χ0n) is 22.2. The van der Waals surface area contributed by atoms with Crippen LogP contribution in [0.3, 0.4) is 0 Å². The lowest BCUT2D eigenvalue weighted by molar-refractivity contribution is -0.127.